The molecule has 2 atom stereocenters. The van der Waals surface area contributed by atoms with Gasteiger partial charge in [-0.05, 0) is 65.2 Å². The number of nitrogens with zero attached hydrogens (tertiary/aromatic N) is 1. The van der Waals surface area contributed by atoms with Crippen molar-refractivity contribution in [2.24, 2.45) is 23.2 Å². The highest BCUT2D eigenvalue weighted by atomic mass is 14.6. The SMILES string of the molecule is CCC(C)(C)C(C1CCCCC1)C(CCC(c1ccccc1)c1ccccc1)Cc1cccnc1. The van der Waals surface area contributed by atoms with Crippen molar-refractivity contribution in [3.63, 3.8) is 0 Å². The third kappa shape index (κ3) is 6.84. The molecule has 186 valence electrons. The molecule has 1 heterocycles. The van der Waals surface area contributed by atoms with Crippen LogP contribution in [0.15, 0.2) is 85.2 Å². The monoisotopic (exact) mass is 467 g/mol. The lowest BCUT2D eigenvalue weighted by molar-refractivity contribution is 0.0436. The largest absolute Gasteiger partial charge is 0.264 e. The van der Waals surface area contributed by atoms with Crippen LogP contribution in [0, 0.1) is 23.2 Å². The molecule has 3 aromatic rings. The highest BCUT2D eigenvalue weighted by Crippen LogP contribution is 2.49. The Bertz CT molecular complexity index is 933. The van der Waals surface area contributed by atoms with Gasteiger partial charge >= 0.3 is 0 Å². The lowest BCUT2D eigenvalue weighted by Crippen LogP contribution is -2.38. The quantitative estimate of drug-likeness (QED) is 0.273. The first-order chi connectivity index (χ1) is 17.1. The van der Waals surface area contributed by atoms with E-state index in [4.69, 9.17) is 0 Å². The average molecular weight is 468 g/mol. The Kier molecular flexibility index (Phi) is 9.18. The summed E-state index contributed by atoms with van der Waals surface area (Å²) < 4.78 is 0. The van der Waals surface area contributed by atoms with Crippen LogP contribution in [0.5, 0.6) is 0 Å². The van der Waals surface area contributed by atoms with Gasteiger partial charge in [-0.3, -0.25) is 4.98 Å². The Morgan fingerprint density at radius 1 is 0.800 bits per heavy atom. The molecular formula is C34H45N. The topological polar surface area (TPSA) is 12.9 Å². The molecule has 0 bridgehead atoms. The maximum Gasteiger partial charge on any atom is 0.0299 e. The minimum absolute atomic E-state index is 0.351. The molecule has 1 nitrogen and oxygen atoms in total. The number of pyridine rings is 1. The molecule has 2 unspecified atom stereocenters. The van der Waals surface area contributed by atoms with Gasteiger partial charge in [0.05, 0.1) is 0 Å². The van der Waals surface area contributed by atoms with E-state index in [-0.39, 0.29) is 0 Å². The second kappa shape index (κ2) is 12.5. The summed E-state index contributed by atoms with van der Waals surface area (Å²) in [4.78, 5) is 4.48. The molecule has 1 heteroatoms. The van der Waals surface area contributed by atoms with Gasteiger partial charge in [-0.25, -0.2) is 0 Å². The molecular weight excluding hydrogens is 422 g/mol. The molecule has 4 rings (SSSR count). The number of benzene rings is 2. The molecule has 1 saturated carbocycles. The van der Waals surface area contributed by atoms with Gasteiger partial charge in [0.15, 0.2) is 0 Å². The van der Waals surface area contributed by atoms with Crippen LogP contribution in [0.1, 0.15) is 94.7 Å². The highest BCUT2D eigenvalue weighted by molar-refractivity contribution is 5.32. The van der Waals surface area contributed by atoms with E-state index in [1.165, 1.54) is 68.1 Å². The Labute approximate surface area is 214 Å². The summed E-state index contributed by atoms with van der Waals surface area (Å²) in [5.74, 6) is 2.73. The van der Waals surface area contributed by atoms with Gasteiger partial charge in [-0.15, -0.1) is 0 Å². The van der Waals surface area contributed by atoms with Crippen molar-refractivity contribution >= 4 is 0 Å². The van der Waals surface area contributed by atoms with Crippen LogP contribution in [-0.4, -0.2) is 4.98 Å². The van der Waals surface area contributed by atoms with E-state index in [1.54, 1.807) is 0 Å². The van der Waals surface area contributed by atoms with Crippen LogP contribution < -0.4 is 0 Å². The third-order valence-corrected chi connectivity index (χ3v) is 8.93. The lowest BCUT2D eigenvalue weighted by Gasteiger charge is -2.46. The molecule has 0 radical (unpaired) electrons. The minimum atomic E-state index is 0.351. The lowest BCUT2D eigenvalue weighted by atomic mass is 9.59. The standard InChI is InChI=1S/C34H45N/c1-4-34(2,3)33(30-20-12-7-13-21-30)31(25-27-15-14-24-35-26-27)22-23-32(28-16-8-5-9-17-28)29-18-10-6-11-19-29/h5-6,8-11,14-19,24,26,30-33H,4,7,12-13,20-23,25H2,1-3H3. The Balaban J connectivity index is 1.65. The molecule has 0 aliphatic heterocycles. The van der Waals surface area contributed by atoms with Crippen LogP contribution in [-0.2, 0) is 6.42 Å². The van der Waals surface area contributed by atoms with Crippen molar-refractivity contribution in [1.82, 2.24) is 4.98 Å². The second-order valence-electron chi connectivity index (χ2n) is 11.5. The van der Waals surface area contributed by atoms with E-state index in [0.29, 0.717) is 17.3 Å². The Morgan fingerprint density at radius 2 is 1.43 bits per heavy atom. The van der Waals surface area contributed by atoms with Crippen molar-refractivity contribution in [3.05, 3.63) is 102 Å². The third-order valence-electron chi connectivity index (χ3n) is 8.93. The van der Waals surface area contributed by atoms with E-state index in [9.17, 15) is 0 Å². The van der Waals surface area contributed by atoms with Crippen molar-refractivity contribution < 1.29 is 0 Å². The summed E-state index contributed by atoms with van der Waals surface area (Å²) in [6, 6.07) is 26.8. The Hall–Kier alpha value is -2.41. The first kappa shape index (κ1) is 25.7. The van der Waals surface area contributed by atoms with Crippen LogP contribution in [0.3, 0.4) is 0 Å². The van der Waals surface area contributed by atoms with Gasteiger partial charge in [0.1, 0.15) is 0 Å². The van der Waals surface area contributed by atoms with Crippen LogP contribution in [0.4, 0.5) is 0 Å². The van der Waals surface area contributed by atoms with E-state index < -0.39 is 0 Å². The summed E-state index contributed by atoms with van der Waals surface area (Å²) in [5, 5.41) is 0. The first-order valence-corrected chi connectivity index (χ1v) is 14.1. The van der Waals surface area contributed by atoms with E-state index in [0.717, 1.165) is 18.3 Å². The van der Waals surface area contributed by atoms with E-state index in [2.05, 4.69) is 105 Å². The van der Waals surface area contributed by atoms with Crippen molar-refractivity contribution in [1.29, 1.82) is 0 Å². The summed E-state index contributed by atoms with van der Waals surface area (Å²) in [6.45, 7) is 7.51. The van der Waals surface area contributed by atoms with Crippen molar-refractivity contribution in [2.75, 3.05) is 0 Å². The van der Waals surface area contributed by atoms with Gasteiger partial charge in [0.2, 0.25) is 0 Å². The van der Waals surface area contributed by atoms with Crippen LogP contribution in [0.2, 0.25) is 0 Å². The molecule has 1 aliphatic carbocycles. The summed E-state index contributed by atoms with van der Waals surface area (Å²) in [5.41, 5.74) is 4.65. The first-order valence-electron chi connectivity index (χ1n) is 14.1. The van der Waals surface area contributed by atoms with Crippen molar-refractivity contribution in [2.45, 2.75) is 84.5 Å². The fraction of sp³-hybridized carbons (Fsp3) is 0.500. The Morgan fingerprint density at radius 3 is 1.97 bits per heavy atom. The zero-order valence-electron chi connectivity index (χ0n) is 22.2. The summed E-state index contributed by atoms with van der Waals surface area (Å²) in [7, 11) is 0. The molecule has 1 aliphatic rings. The molecule has 0 amide bonds. The number of rotatable bonds is 11. The maximum atomic E-state index is 4.48. The molecule has 1 fully saturated rings. The molecule has 0 spiro atoms. The van der Waals surface area contributed by atoms with Gasteiger partial charge in [0, 0.05) is 18.3 Å². The second-order valence-corrected chi connectivity index (χ2v) is 11.5. The average Bonchev–Trinajstić information content (AvgIpc) is 2.91. The summed E-state index contributed by atoms with van der Waals surface area (Å²) >= 11 is 0. The number of aromatic nitrogens is 1. The maximum absolute atomic E-state index is 4.48. The van der Waals surface area contributed by atoms with Gasteiger partial charge in [-0.2, -0.15) is 0 Å². The predicted octanol–water partition coefficient (Wildman–Crippen LogP) is 9.49. The van der Waals surface area contributed by atoms with Crippen LogP contribution >= 0.6 is 0 Å². The normalized spacial score (nSPS) is 16.8. The van der Waals surface area contributed by atoms with Crippen LogP contribution in [0.25, 0.3) is 0 Å². The van der Waals surface area contributed by atoms with Crippen molar-refractivity contribution in [3.8, 4) is 0 Å². The van der Waals surface area contributed by atoms with Gasteiger partial charge in [-0.1, -0.05) is 126 Å². The molecule has 35 heavy (non-hydrogen) atoms. The molecule has 0 saturated heterocycles. The van der Waals surface area contributed by atoms with E-state index >= 15 is 0 Å². The van der Waals surface area contributed by atoms with Gasteiger partial charge < -0.3 is 0 Å². The predicted molar refractivity (Wildman–Crippen MR) is 150 cm³/mol. The fourth-order valence-corrected chi connectivity index (χ4v) is 6.90. The summed E-state index contributed by atoms with van der Waals surface area (Å²) in [6.07, 6.45) is 15.9. The number of hydrogen-bond acceptors (Lipinski definition) is 1. The minimum Gasteiger partial charge on any atom is -0.264 e. The molecule has 1 aromatic heterocycles. The zero-order valence-corrected chi connectivity index (χ0v) is 22.2. The molecule has 0 N–H and O–H groups in total. The zero-order chi connectivity index (χ0) is 24.5. The van der Waals surface area contributed by atoms with Gasteiger partial charge in [0.25, 0.3) is 0 Å². The molecule has 2 aromatic carbocycles. The number of hydrogen-bond donors (Lipinski definition) is 0. The fourth-order valence-electron chi connectivity index (χ4n) is 6.90. The smallest absolute Gasteiger partial charge is 0.0299 e. The highest BCUT2D eigenvalue weighted by Gasteiger charge is 2.40. The van der Waals surface area contributed by atoms with E-state index in [1.807, 2.05) is 6.20 Å².